The van der Waals surface area contributed by atoms with Gasteiger partial charge in [-0.3, -0.25) is 4.79 Å². The Kier molecular flexibility index (Phi) is 4.38. The molecule has 3 aromatic rings. The van der Waals surface area contributed by atoms with Crippen LogP contribution in [0.1, 0.15) is 48.1 Å². The summed E-state index contributed by atoms with van der Waals surface area (Å²) in [5.74, 6) is 1.02. The van der Waals surface area contributed by atoms with E-state index in [1.807, 2.05) is 44.2 Å². The van der Waals surface area contributed by atoms with Crippen molar-refractivity contribution in [2.75, 3.05) is 19.7 Å². The summed E-state index contributed by atoms with van der Waals surface area (Å²) in [5.41, 5.74) is 1.24. The molecular weight excluding hydrogens is 332 g/mol. The summed E-state index contributed by atoms with van der Waals surface area (Å²) in [6.45, 7) is 5.27. The molecular formula is C19H20N4O3. The molecule has 0 radical (unpaired) electrons. The number of benzene rings is 1. The third-order valence-electron chi connectivity index (χ3n) is 4.40. The molecule has 0 spiro atoms. The van der Waals surface area contributed by atoms with Crippen molar-refractivity contribution in [3.05, 3.63) is 53.9 Å². The second-order valence-corrected chi connectivity index (χ2v) is 6.63. The topological polar surface area (TPSA) is 81.4 Å². The molecule has 7 heteroatoms. The van der Waals surface area contributed by atoms with E-state index in [-0.39, 0.29) is 11.8 Å². The van der Waals surface area contributed by atoms with Gasteiger partial charge < -0.3 is 14.1 Å². The molecule has 4 rings (SSSR count). The lowest BCUT2D eigenvalue weighted by Crippen LogP contribution is -2.42. The van der Waals surface area contributed by atoms with E-state index in [9.17, 15) is 4.79 Å². The van der Waals surface area contributed by atoms with E-state index < -0.39 is 6.10 Å². The highest BCUT2D eigenvalue weighted by molar-refractivity contribution is 5.95. The van der Waals surface area contributed by atoms with Crippen LogP contribution in [0.25, 0.3) is 10.9 Å². The second kappa shape index (κ2) is 6.84. The Morgan fingerprint density at radius 2 is 2.04 bits per heavy atom. The Morgan fingerprint density at radius 1 is 1.19 bits per heavy atom. The van der Waals surface area contributed by atoms with Gasteiger partial charge in [-0.25, -0.2) is 4.98 Å². The predicted octanol–water partition coefficient (Wildman–Crippen LogP) is 2.95. The van der Waals surface area contributed by atoms with Crippen LogP contribution < -0.4 is 0 Å². The zero-order valence-corrected chi connectivity index (χ0v) is 14.8. The van der Waals surface area contributed by atoms with Crippen molar-refractivity contribution in [1.82, 2.24) is 20.1 Å². The number of rotatable bonds is 3. The van der Waals surface area contributed by atoms with Crippen LogP contribution >= 0.6 is 0 Å². The van der Waals surface area contributed by atoms with Crippen molar-refractivity contribution < 1.29 is 13.9 Å². The van der Waals surface area contributed by atoms with E-state index in [4.69, 9.17) is 9.15 Å². The van der Waals surface area contributed by atoms with E-state index in [2.05, 4.69) is 15.2 Å². The summed E-state index contributed by atoms with van der Waals surface area (Å²) in [7, 11) is 0. The molecule has 1 saturated heterocycles. The molecule has 1 atom stereocenters. The number of amides is 1. The summed E-state index contributed by atoms with van der Waals surface area (Å²) >= 11 is 0. The van der Waals surface area contributed by atoms with Crippen LogP contribution in [0.2, 0.25) is 0 Å². The first-order valence-electron chi connectivity index (χ1n) is 8.72. The molecule has 3 heterocycles. The molecule has 1 fully saturated rings. The van der Waals surface area contributed by atoms with Crippen LogP contribution in [0.4, 0.5) is 0 Å². The van der Waals surface area contributed by atoms with Gasteiger partial charge in [0, 0.05) is 17.8 Å². The van der Waals surface area contributed by atoms with Gasteiger partial charge in [-0.15, -0.1) is 10.2 Å². The van der Waals surface area contributed by atoms with Crippen molar-refractivity contribution in [2.45, 2.75) is 25.9 Å². The van der Waals surface area contributed by atoms with Crippen molar-refractivity contribution in [3.8, 4) is 0 Å². The van der Waals surface area contributed by atoms with E-state index >= 15 is 0 Å². The molecule has 7 nitrogen and oxygen atoms in total. The number of carbonyl (C=O) groups is 1. The molecule has 1 amide bonds. The molecule has 1 aliphatic heterocycles. The molecule has 2 aromatic heterocycles. The van der Waals surface area contributed by atoms with Crippen LogP contribution in [0.15, 0.2) is 40.8 Å². The average molecular weight is 352 g/mol. The normalized spacial score (nSPS) is 17.8. The van der Waals surface area contributed by atoms with Gasteiger partial charge in [-0.1, -0.05) is 38.1 Å². The summed E-state index contributed by atoms with van der Waals surface area (Å²) in [5, 5.41) is 9.12. The van der Waals surface area contributed by atoms with Crippen LogP contribution in [0, 0.1) is 0 Å². The molecule has 26 heavy (non-hydrogen) atoms. The molecule has 0 saturated carbocycles. The van der Waals surface area contributed by atoms with Crippen molar-refractivity contribution in [2.24, 2.45) is 0 Å². The predicted molar refractivity (Wildman–Crippen MR) is 94.7 cm³/mol. The largest absolute Gasteiger partial charge is 0.422 e. The smallest absolute Gasteiger partial charge is 0.272 e. The quantitative estimate of drug-likeness (QED) is 0.721. The molecule has 1 unspecified atom stereocenters. The van der Waals surface area contributed by atoms with Gasteiger partial charge in [-0.05, 0) is 12.1 Å². The minimum atomic E-state index is -0.409. The van der Waals surface area contributed by atoms with E-state index in [0.717, 1.165) is 10.9 Å². The van der Waals surface area contributed by atoms with Gasteiger partial charge in [0.15, 0.2) is 6.10 Å². The van der Waals surface area contributed by atoms with Gasteiger partial charge in [0.05, 0.1) is 18.7 Å². The van der Waals surface area contributed by atoms with Gasteiger partial charge in [0.25, 0.3) is 5.91 Å². The number of hydrogen-bond donors (Lipinski definition) is 0. The number of para-hydroxylation sites is 1. The van der Waals surface area contributed by atoms with E-state index in [1.54, 1.807) is 11.0 Å². The third-order valence-corrected chi connectivity index (χ3v) is 4.40. The summed E-state index contributed by atoms with van der Waals surface area (Å²) in [4.78, 5) is 19.1. The SMILES string of the molecule is CC(C)c1nnc(C2CN(C(=O)c3ccc4ccccc4n3)CCO2)o1. The maximum atomic E-state index is 12.9. The second-order valence-electron chi connectivity index (χ2n) is 6.63. The Labute approximate surface area is 151 Å². The first-order chi connectivity index (χ1) is 12.6. The third kappa shape index (κ3) is 3.17. The van der Waals surface area contributed by atoms with Gasteiger partial charge in [0.2, 0.25) is 11.8 Å². The summed E-state index contributed by atoms with van der Waals surface area (Å²) in [6.07, 6.45) is -0.409. The number of morpholine rings is 1. The number of carbonyl (C=O) groups excluding carboxylic acids is 1. The molecule has 0 bridgehead atoms. The first kappa shape index (κ1) is 16.7. The number of nitrogens with zero attached hydrogens (tertiary/aromatic N) is 4. The van der Waals surface area contributed by atoms with Crippen LogP contribution in [0.5, 0.6) is 0 Å². The molecule has 0 aliphatic carbocycles. The summed E-state index contributed by atoms with van der Waals surface area (Å²) < 4.78 is 11.4. The fourth-order valence-corrected chi connectivity index (χ4v) is 2.94. The number of pyridine rings is 1. The Bertz CT molecular complexity index is 937. The number of hydrogen-bond acceptors (Lipinski definition) is 6. The summed E-state index contributed by atoms with van der Waals surface area (Å²) in [6, 6.07) is 11.4. The van der Waals surface area contributed by atoms with Gasteiger partial charge in [0.1, 0.15) is 5.69 Å². The fourth-order valence-electron chi connectivity index (χ4n) is 2.94. The highest BCUT2D eigenvalue weighted by Crippen LogP contribution is 2.24. The van der Waals surface area contributed by atoms with Crippen LogP contribution in [0.3, 0.4) is 0 Å². The monoisotopic (exact) mass is 352 g/mol. The van der Waals surface area contributed by atoms with E-state index in [0.29, 0.717) is 37.2 Å². The van der Waals surface area contributed by atoms with E-state index in [1.165, 1.54) is 0 Å². The van der Waals surface area contributed by atoms with Crippen LogP contribution in [-0.4, -0.2) is 45.7 Å². The zero-order chi connectivity index (χ0) is 18.1. The maximum absolute atomic E-state index is 12.9. The highest BCUT2D eigenvalue weighted by Gasteiger charge is 2.30. The zero-order valence-electron chi connectivity index (χ0n) is 14.8. The first-order valence-corrected chi connectivity index (χ1v) is 8.72. The maximum Gasteiger partial charge on any atom is 0.272 e. The lowest BCUT2D eigenvalue weighted by Gasteiger charge is -2.31. The lowest BCUT2D eigenvalue weighted by atomic mass is 10.2. The Balaban J connectivity index is 1.53. The molecule has 1 aromatic carbocycles. The Morgan fingerprint density at radius 3 is 2.85 bits per heavy atom. The highest BCUT2D eigenvalue weighted by atomic mass is 16.5. The minimum absolute atomic E-state index is 0.118. The van der Waals surface area contributed by atoms with Crippen molar-refractivity contribution >= 4 is 16.8 Å². The number of fused-ring (bicyclic) bond motifs is 1. The van der Waals surface area contributed by atoms with Gasteiger partial charge >= 0.3 is 0 Å². The number of ether oxygens (including phenoxy) is 1. The lowest BCUT2D eigenvalue weighted by molar-refractivity contribution is -0.0352. The average Bonchev–Trinajstić information content (AvgIpc) is 3.18. The number of aromatic nitrogens is 3. The molecule has 0 N–H and O–H groups in total. The molecule has 134 valence electrons. The van der Waals surface area contributed by atoms with Crippen molar-refractivity contribution in [1.29, 1.82) is 0 Å². The minimum Gasteiger partial charge on any atom is -0.422 e. The van der Waals surface area contributed by atoms with Crippen molar-refractivity contribution in [3.63, 3.8) is 0 Å². The fraction of sp³-hybridized carbons (Fsp3) is 0.368. The standard InChI is InChI=1S/C19H20N4O3/c1-12(2)17-21-22-18(26-17)16-11-23(9-10-25-16)19(24)15-8-7-13-5-3-4-6-14(13)20-15/h3-8,12,16H,9-11H2,1-2H3. The Hall–Kier alpha value is -2.80. The van der Waals surface area contributed by atoms with Gasteiger partial charge in [-0.2, -0.15) is 0 Å². The molecule has 1 aliphatic rings. The van der Waals surface area contributed by atoms with Crippen LogP contribution in [-0.2, 0) is 4.74 Å².